The van der Waals surface area contributed by atoms with Gasteiger partial charge in [0.15, 0.2) is 0 Å². The van der Waals surface area contributed by atoms with Crippen LogP contribution >= 0.6 is 15.9 Å². The van der Waals surface area contributed by atoms with Crippen LogP contribution in [0.5, 0.6) is 0 Å². The topological polar surface area (TPSA) is 20.3 Å². The molecule has 3 atom stereocenters. The van der Waals surface area contributed by atoms with Gasteiger partial charge < -0.3 is 4.90 Å². The third kappa shape index (κ3) is 2.15. The number of amides is 1. The number of anilines is 1. The number of benzene rings is 2. The number of carbonyl (C=O) groups excluding carboxylic acids is 1. The van der Waals surface area contributed by atoms with Crippen LogP contribution in [-0.4, -0.2) is 5.91 Å². The van der Waals surface area contributed by atoms with Gasteiger partial charge in [0, 0.05) is 28.9 Å². The summed E-state index contributed by atoms with van der Waals surface area (Å²) in [5, 5.41) is 0. The number of halogens is 2. The summed E-state index contributed by atoms with van der Waals surface area (Å²) in [7, 11) is 0. The molecule has 0 bridgehead atoms. The van der Waals surface area contributed by atoms with E-state index in [2.05, 4.69) is 22.0 Å². The molecular formula is C19H17BrFNO. The summed E-state index contributed by atoms with van der Waals surface area (Å²) in [6, 6.07) is 12.7. The van der Waals surface area contributed by atoms with E-state index < -0.39 is 0 Å². The Kier molecular flexibility index (Phi) is 3.52. The molecule has 2 aromatic carbocycles. The molecule has 0 radical (unpaired) electrons. The molecule has 1 amide bonds. The SMILES string of the molecule is CC(=O)N1c2cccc3c2C(CCC3Br)C1c1ccccc1F. The minimum atomic E-state index is -0.246. The molecule has 0 saturated carbocycles. The molecule has 1 aliphatic heterocycles. The van der Waals surface area contributed by atoms with Crippen molar-refractivity contribution in [3.63, 3.8) is 0 Å². The fourth-order valence-corrected chi connectivity index (χ4v) is 4.83. The summed E-state index contributed by atoms with van der Waals surface area (Å²) in [6.45, 7) is 1.57. The predicted octanol–water partition coefficient (Wildman–Crippen LogP) is 5.25. The highest BCUT2D eigenvalue weighted by atomic mass is 79.9. The number of carbonyl (C=O) groups is 1. The molecule has 23 heavy (non-hydrogen) atoms. The molecule has 0 aromatic heterocycles. The highest BCUT2D eigenvalue weighted by Crippen LogP contribution is 2.57. The summed E-state index contributed by atoms with van der Waals surface area (Å²) >= 11 is 3.75. The molecule has 2 aromatic rings. The third-order valence-electron chi connectivity index (χ3n) is 5.04. The van der Waals surface area contributed by atoms with Gasteiger partial charge in [-0.1, -0.05) is 46.3 Å². The van der Waals surface area contributed by atoms with Crippen molar-refractivity contribution in [3.05, 3.63) is 65.0 Å². The van der Waals surface area contributed by atoms with Gasteiger partial charge in [-0.15, -0.1) is 0 Å². The van der Waals surface area contributed by atoms with E-state index in [1.54, 1.807) is 17.9 Å². The second kappa shape index (κ2) is 5.45. The number of hydrogen-bond acceptors (Lipinski definition) is 1. The zero-order chi connectivity index (χ0) is 16.1. The van der Waals surface area contributed by atoms with E-state index in [0.717, 1.165) is 18.5 Å². The Hall–Kier alpha value is -1.68. The van der Waals surface area contributed by atoms with Crippen LogP contribution in [0.4, 0.5) is 10.1 Å². The first-order valence-corrected chi connectivity index (χ1v) is 8.82. The second-order valence-corrected chi connectivity index (χ2v) is 7.39. The van der Waals surface area contributed by atoms with Crippen LogP contribution in [0, 0.1) is 5.82 Å². The highest BCUT2D eigenvalue weighted by Gasteiger charge is 2.45. The van der Waals surface area contributed by atoms with Gasteiger partial charge in [-0.2, -0.15) is 0 Å². The normalized spacial score (nSPS) is 25.3. The van der Waals surface area contributed by atoms with Crippen molar-refractivity contribution in [2.75, 3.05) is 4.90 Å². The van der Waals surface area contributed by atoms with Crippen LogP contribution in [0.3, 0.4) is 0 Å². The van der Waals surface area contributed by atoms with Crippen molar-refractivity contribution in [2.24, 2.45) is 0 Å². The van der Waals surface area contributed by atoms with Gasteiger partial charge in [0.05, 0.1) is 6.04 Å². The summed E-state index contributed by atoms with van der Waals surface area (Å²) in [4.78, 5) is 14.5. The number of rotatable bonds is 1. The number of alkyl halides is 1. The van der Waals surface area contributed by atoms with Gasteiger partial charge in [0.25, 0.3) is 0 Å². The van der Waals surface area contributed by atoms with E-state index in [1.165, 1.54) is 17.2 Å². The Morgan fingerprint density at radius 2 is 1.87 bits per heavy atom. The average molecular weight is 374 g/mol. The molecule has 4 rings (SSSR count). The van der Waals surface area contributed by atoms with Crippen LogP contribution in [0.1, 0.15) is 53.2 Å². The van der Waals surface area contributed by atoms with E-state index in [4.69, 9.17) is 0 Å². The molecule has 0 spiro atoms. The van der Waals surface area contributed by atoms with E-state index >= 15 is 0 Å². The fraction of sp³-hybridized carbons (Fsp3) is 0.316. The first-order chi connectivity index (χ1) is 11.1. The van der Waals surface area contributed by atoms with Crippen LogP contribution in [-0.2, 0) is 4.79 Å². The van der Waals surface area contributed by atoms with Crippen LogP contribution in [0.15, 0.2) is 42.5 Å². The zero-order valence-electron chi connectivity index (χ0n) is 12.8. The maximum Gasteiger partial charge on any atom is 0.224 e. The van der Waals surface area contributed by atoms with Gasteiger partial charge in [-0.25, -0.2) is 4.39 Å². The Morgan fingerprint density at radius 3 is 2.61 bits per heavy atom. The molecule has 0 N–H and O–H groups in total. The molecule has 2 aliphatic rings. The molecule has 3 unspecified atom stereocenters. The Labute approximate surface area is 143 Å². The van der Waals surface area contributed by atoms with Crippen molar-refractivity contribution in [3.8, 4) is 0 Å². The number of hydrogen-bond donors (Lipinski definition) is 0. The molecule has 118 valence electrons. The zero-order valence-corrected chi connectivity index (χ0v) is 14.4. The van der Waals surface area contributed by atoms with E-state index in [-0.39, 0.29) is 23.7 Å². The fourth-order valence-electron chi connectivity index (χ4n) is 4.17. The first-order valence-electron chi connectivity index (χ1n) is 7.90. The standard InChI is InChI=1S/C19H17BrFNO/c1-11(23)22-17-8-4-6-12-15(20)10-9-14(18(12)17)19(22)13-5-2-3-7-16(13)21/h2-8,14-15,19H,9-10H2,1H3. The number of nitrogens with zero attached hydrogens (tertiary/aromatic N) is 1. The van der Waals surface area contributed by atoms with Crippen molar-refractivity contribution in [1.29, 1.82) is 0 Å². The molecule has 4 heteroatoms. The van der Waals surface area contributed by atoms with Gasteiger partial charge in [0.2, 0.25) is 5.91 Å². The highest BCUT2D eigenvalue weighted by molar-refractivity contribution is 9.09. The average Bonchev–Trinajstić information content (AvgIpc) is 2.87. The molecular weight excluding hydrogens is 357 g/mol. The maximum atomic E-state index is 14.5. The largest absolute Gasteiger partial charge is 0.304 e. The van der Waals surface area contributed by atoms with Crippen LogP contribution in [0.2, 0.25) is 0 Å². The summed E-state index contributed by atoms with van der Waals surface area (Å²) in [6.07, 6.45) is 1.94. The summed E-state index contributed by atoms with van der Waals surface area (Å²) in [5.74, 6) is -0.109. The Bertz CT molecular complexity index is 791. The lowest BCUT2D eigenvalue weighted by Gasteiger charge is -2.31. The first kappa shape index (κ1) is 14.9. The molecule has 1 aliphatic carbocycles. The molecule has 2 nitrogen and oxygen atoms in total. The van der Waals surface area contributed by atoms with Crippen molar-refractivity contribution < 1.29 is 9.18 Å². The monoisotopic (exact) mass is 373 g/mol. The molecule has 0 fully saturated rings. The van der Waals surface area contributed by atoms with Gasteiger partial charge >= 0.3 is 0 Å². The summed E-state index contributed by atoms with van der Waals surface area (Å²) < 4.78 is 14.5. The third-order valence-corrected chi connectivity index (χ3v) is 5.99. The van der Waals surface area contributed by atoms with Gasteiger partial charge in [0.1, 0.15) is 5.82 Å². The smallest absolute Gasteiger partial charge is 0.224 e. The lowest BCUT2D eigenvalue weighted by atomic mass is 9.79. The maximum absolute atomic E-state index is 14.5. The predicted molar refractivity (Wildman–Crippen MR) is 92.4 cm³/mol. The van der Waals surface area contributed by atoms with E-state index in [1.807, 2.05) is 24.3 Å². The van der Waals surface area contributed by atoms with Gasteiger partial charge in [-0.3, -0.25) is 4.79 Å². The Morgan fingerprint density at radius 1 is 1.13 bits per heavy atom. The van der Waals surface area contributed by atoms with Crippen molar-refractivity contribution >= 4 is 27.5 Å². The minimum absolute atomic E-state index is 0.0350. The lowest BCUT2D eigenvalue weighted by Crippen LogP contribution is -2.32. The van der Waals surface area contributed by atoms with Crippen molar-refractivity contribution in [2.45, 2.75) is 36.6 Å². The quantitative estimate of drug-likeness (QED) is 0.625. The Balaban J connectivity index is 1.95. The molecule has 1 heterocycles. The molecule has 0 saturated heterocycles. The van der Waals surface area contributed by atoms with Gasteiger partial charge in [-0.05, 0) is 36.1 Å². The minimum Gasteiger partial charge on any atom is -0.304 e. The van der Waals surface area contributed by atoms with Crippen LogP contribution in [0.25, 0.3) is 0 Å². The van der Waals surface area contributed by atoms with Crippen LogP contribution < -0.4 is 4.90 Å². The van der Waals surface area contributed by atoms with E-state index in [9.17, 15) is 9.18 Å². The lowest BCUT2D eigenvalue weighted by molar-refractivity contribution is -0.117. The van der Waals surface area contributed by atoms with Crippen molar-refractivity contribution in [1.82, 2.24) is 0 Å². The second-order valence-electron chi connectivity index (χ2n) is 6.29. The van der Waals surface area contributed by atoms with E-state index in [0.29, 0.717) is 10.4 Å². The summed E-state index contributed by atoms with van der Waals surface area (Å²) in [5.41, 5.74) is 4.01.